The predicted octanol–water partition coefficient (Wildman–Crippen LogP) is 4.91. The van der Waals surface area contributed by atoms with Gasteiger partial charge in [-0.3, -0.25) is 14.2 Å². The van der Waals surface area contributed by atoms with E-state index in [1.807, 2.05) is 38.1 Å². The van der Waals surface area contributed by atoms with Gasteiger partial charge in [0.05, 0.1) is 23.6 Å². The van der Waals surface area contributed by atoms with Crippen molar-refractivity contribution >= 4 is 40.2 Å². The van der Waals surface area contributed by atoms with Crippen LogP contribution in [0, 0.1) is 5.92 Å². The number of hydrogen-bond acceptors (Lipinski definition) is 5. The average molecular weight is 486 g/mol. The summed E-state index contributed by atoms with van der Waals surface area (Å²) in [5, 5.41) is 4.70. The lowest BCUT2D eigenvalue weighted by molar-refractivity contribution is 0.0937. The third-order valence-electron chi connectivity index (χ3n) is 5.58. The minimum atomic E-state index is -0.166. The molecule has 2 aromatic carbocycles. The summed E-state index contributed by atoms with van der Waals surface area (Å²) in [6.07, 6.45) is 1.92. The van der Waals surface area contributed by atoms with Crippen molar-refractivity contribution in [2.45, 2.75) is 50.2 Å². The van der Waals surface area contributed by atoms with Crippen LogP contribution in [0.5, 0.6) is 0 Å². The molecule has 1 aliphatic rings. The number of carbonyl (C=O) groups excluding carboxylic acids is 1. The number of benzene rings is 2. The predicted molar refractivity (Wildman–Crippen MR) is 133 cm³/mol. The zero-order chi connectivity index (χ0) is 23.4. The molecule has 174 valence electrons. The van der Waals surface area contributed by atoms with Crippen molar-refractivity contribution in [1.82, 2.24) is 14.9 Å². The fourth-order valence-corrected chi connectivity index (χ4v) is 5.06. The topological polar surface area (TPSA) is 73.2 Å². The normalized spacial score (nSPS) is 15.9. The molecular weight excluding hydrogens is 458 g/mol. The van der Waals surface area contributed by atoms with Gasteiger partial charge in [-0.2, -0.15) is 0 Å². The van der Waals surface area contributed by atoms with E-state index in [1.54, 1.807) is 22.8 Å². The molecule has 1 amide bonds. The Kier molecular flexibility index (Phi) is 7.73. The third kappa shape index (κ3) is 5.78. The molecule has 3 aromatic rings. The third-order valence-corrected chi connectivity index (χ3v) is 6.97. The van der Waals surface area contributed by atoms with Crippen molar-refractivity contribution in [3.63, 3.8) is 0 Å². The lowest BCUT2D eigenvalue weighted by Gasteiger charge is -2.17. The summed E-state index contributed by atoms with van der Waals surface area (Å²) in [6, 6.07) is 12.7. The summed E-state index contributed by atoms with van der Waals surface area (Å²) in [4.78, 5) is 30.8. The van der Waals surface area contributed by atoms with E-state index in [0.29, 0.717) is 51.4 Å². The largest absolute Gasteiger partial charge is 0.376 e. The number of thioether (sulfide) groups is 1. The molecule has 0 spiro atoms. The molecule has 1 aliphatic heterocycles. The number of fused-ring (bicyclic) bond motifs is 1. The van der Waals surface area contributed by atoms with E-state index in [2.05, 4.69) is 5.32 Å². The minimum absolute atomic E-state index is 0.00250. The van der Waals surface area contributed by atoms with E-state index in [-0.39, 0.29) is 17.6 Å². The Balaban J connectivity index is 1.69. The minimum Gasteiger partial charge on any atom is -0.376 e. The Labute approximate surface area is 202 Å². The zero-order valence-electron chi connectivity index (χ0n) is 18.8. The molecule has 0 unspecified atom stereocenters. The van der Waals surface area contributed by atoms with Crippen LogP contribution in [-0.2, 0) is 17.0 Å². The summed E-state index contributed by atoms with van der Waals surface area (Å²) < 4.78 is 7.49. The number of amides is 1. The first kappa shape index (κ1) is 23.8. The van der Waals surface area contributed by atoms with E-state index in [0.717, 1.165) is 25.0 Å². The second-order valence-corrected chi connectivity index (χ2v) is 10.0. The number of rotatable bonds is 8. The molecule has 1 atom stereocenters. The zero-order valence-corrected chi connectivity index (χ0v) is 20.4. The summed E-state index contributed by atoms with van der Waals surface area (Å²) >= 11 is 7.80. The quantitative estimate of drug-likeness (QED) is 0.362. The van der Waals surface area contributed by atoms with E-state index < -0.39 is 0 Å². The summed E-state index contributed by atoms with van der Waals surface area (Å²) in [5.41, 5.74) is 1.87. The smallest absolute Gasteiger partial charge is 0.262 e. The molecule has 4 rings (SSSR count). The Morgan fingerprint density at radius 3 is 2.85 bits per heavy atom. The molecule has 0 bridgehead atoms. The van der Waals surface area contributed by atoms with Gasteiger partial charge in [0.25, 0.3) is 11.5 Å². The van der Waals surface area contributed by atoms with Crippen LogP contribution in [0.15, 0.2) is 52.4 Å². The summed E-state index contributed by atoms with van der Waals surface area (Å²) in [5.74, 6) is 0.768. The van der Waals surface area contributed by atoms with Crippen molar-refractivity contribution < 1.29 is 9.53 Å². The van der Waals surface area contributed by atoms with Crippen LogP contribution in [0.25, 0.3) is 10.9 Å². The Morgan fingerprint density at radius 2 is 2.12 bits per heavy atom. The van der Waals surface area contributed by atoms with Crippen LogP contribution in [0.3, 0.4) is 0 Å². The summed E-state index contributed by atoms with van der Waals surface area (Å²) in [7, 11) is 0. The van der Waals surface area contributed by atoms with E-state index in [9.17, 15) is 9.59 Å². The van der Waals surface area contributed by atoms with Gasteiger partial charge in [0.1, 0.15) is 0 Å². The number of halogens is 1. The summed E-state index contributed by atoms with van der Waals surface area (Å²) in [6.45, 7) is 5.86. The number of hydrogen-bond donors (Lipinski definition) is 1. The molecule has 8 heteroatoms. The first-order chi connectivity index (χ1) is 15.9. The second-order valence-electron chi connectivity index (χ2n) is 8.66. The molecule has 1 aromatic heterocycles. The molecule has 6 nitrogen and oxygen atoms in total. The molecule has 0 aliphatic carbocycles. The SMILES string of the molecule is CC(C)CNC(=O)c1ccc2c(=O)n(C[C@H]3CCCO3)c(SCc3ccccc3Cl)nc2c1. The van der Waals surface area contributed by atoms with E-state index >= 15 is 0 Å². The number of ether oxygens (including phenoxy) is 1. The van der Waals surface area contributed by atoms with Gasteiger partial charge in [-0.25, -0.2) is 4.98 Å². The monoisotopic (exact) mass is 485 g/mol. The molecule has 2 heterocycles. The van der Waals surface area contributed by atoms with Gasteiger partial charge in [0, 0.05) is 29.5 Å². The maximum atomic E-state index is 13.4. The van der Waals surface area contributed by atoms with Gasteiger partial charge >= 0.3 is 0 Å². The average Bonchev–Trinajstić information content (AvgIpc) is 3.32. The van der Waals surface area contributed by atoms with Gasteiger partial charge in [-0.1, -0.05) is 55.4 Å². The van der Waals surface area contributed by atoms with Crippen LogP contribution in [0.4, 0.5) is 0 Å². The lowest BCUT2D eigenvalue weighted by Crippen LogP contribution is -2.29. The Hall–Kier alpha value is -2.35. The maximum Gasteiger partial charge on any atom is 0.262 e. The molecule has 0 saturated carbocycles. The van der Waals surface area contributed by atoms with Crippen molar-refractivity contribution in [1.29, 1.82) is 0 Å². The fourth-order valence-electron chi connectivity index (χ4n) is 3.76. The molecule has 1 N–H and O–H groups in total. The van der Waals surface area contributed by atoms with Crippen LogP contribution >= 0.6 is 23.4 Å². The lowest BCUT2D eigenvalue weighted by atomic mass is 10.1. The highest BCUT2D eigenvalue weighted by Crippen LogP contribution is 2.27. The molecule has 1 fully saturated rings. The molecule has 33 heavy (non-hydrogen) atoms. The Bertz CT molecular complexity index is 1210. The fraction of sp³-hybridized carbons (Fsp3) is 0.400. The molecular formula is C25H28ClN3O3S. The van der Waals surface area contributed by atoms with Crippen LogP contribution in [-0.4, -0.2) is 34.7 Å². The second kappa shape index (κ2) is 10.7. The van der Waals surface area contributed by atoms with Crippen molar-refractivity contribution in [3.8, 4) is 0 Å². The molecule has 0 radical (unpaired) electrons. The highest BCUT2D eigenvalue weighted by Gasteiger charge is 2.21. The van der Waals surface area contributed by atoms with E-state index in [4.69, 9.17) is 21.3 Å². The first-order valence-corrected chi connectivity index (χ1v) is 12.6. The van der Waals surface area contributed by atoms with Crippen LogP contribution in [0.1, 0.15) is 42.6 Å². The number of nitrogens with one attached hydrogen (secondary N) is 1. The van der Waals surface area contributed by atoms with Gasteiger partial charge in [0.15, 0.2) is 5.16 Å². The number of carbonyl (C=O) groups is 1. The van der Waals surface area contributed by atoms with Gasteiger partial charge < -0.3 is 10.1 Å². The maximum absolute atomic E-state index is 13.4. The van der Waals surface area contributed by atoms with Crippen molar-refractivity contribution in [3.05, 3.63) is 69.0 Å². The van der Waals surface area contributed by atoms with Crippen molar-refractivity contribution in [2.24, 2.45) is 5.92 Å². The van der Waals surface area contributed by atoms with Crippen LogP contribution in [0.2, 0.25) is 5.02 Å². The van der Waals surface area contributed by atoms with Crippen molar-refractivity contribution in [2.75, 3.05) is 13.2 Å². The first-order valence-electron chi connectivity index (χ1n) is 11.2. The highest BCUT2D eigenvalue weighted by molar-refractivity contribution is 7.98. The highest BCUT2D eigenvalue weighted by atomic mass is 35.5. The number of aromatic nitrogens is 2. The molecule has 1 saturated heterocycles. The standard InChI is InChI=1S/C25H28ClN3O3S/c1-16(2)13-27-23(30)17-9-10-20-22(12-17)28-25(33-15-18-6-3-4-8-21(18)26)29(24(20)31)14-19-7-5-11-32-19/h3-4,6,8-10,12,16,19H,5,7,11,13-15H2,1-2H3,(H,27,30)/t19-/m1/s1. The Morgan fingerprint density at radius 1 is 1.30 bits per heavy atom. The number of nitrogens with zero attached hydrogens (tertiary/aromatic N) is 2. The van der Waals surface area contributed by atoms with Crippen LogP contribution < -0.4 is 10.9 Å². The van der Waals surface area contributed by atoms with Gasteiger partial charge in [-0.15, -0.1) is 0 Å². The van der Waals surface area contributed by atoms with E-state index in [1.165, 1.54) is 11.8 Å². The van der Waals surface area contributed by atoms with Gasteiger partial charge in [0.2, 0.25) is 0 Å². The van der Waals surface area contributed by atoms with Gasteiger partial charge in [-0.05, 0) is 48.6 Å².